The Morgan fingerprint density at radius 3 is 2.93 bits per heavy atom. The quantitative estimate of drug-likeness (QED) is 0.773. The molecule has 0 bridgehead atoms. The van der Waals surface area contributed by atoms with Gasteiger partial charge in [-0.3, -0.25) is 0 Å². The zero-order valence-electron chi connectivity index (χ0n) is 7.63. The fourth-order valence-corrected chi connectivity index (χ4v) is 1.07. The second-order valence-corrected chi connectivity index (χ2v) is 3.32. The van der Waals surface area contributed by atoms with Crippen LogP contribution >= 0.6 is 11.6 Å². The van der Waals surface area contributed by atoms with Crippen molar-refractivity contribution < 1.29 is 9.13 Å². The van der Waals surface area contributed by atoms with Crippen LogP contribution in [0.15, 0.2) is 18.2 Å². The van der Waals surface area contributed by atoms with Crippen LogP contribution in [0.5, 0.6) is 5.75 Å². The molecule has 0 radical (unpaired) electrons. The van der Waals surface area contributed by atoms with Crippen LogP contribution in [0, 0.1) is 23.1 Å². The number of benzene rings is 1. The number of nitrogens with zero attached hydrogens (tertiary/aromatic N) is 1. The Morgan fingerprint density at radius 2 is 2.36 bits per heavy atom. The van der Waals surface area contributed by atoms with Crippen molar-refractivity contribution in [1.29, 1.82) is 5.26 Å². The molecule has 1 atom stereocenters. The highest BCUT2D eigenvalue weighted by Gasteiger charge is 2.05. The van der Waals surface area contributed by atoms with Crippen molar-refractivity contribution in [3.8, 4) is 11.8 Å². The Labute approximate surface area is 86.9 Å². The molecule has 2 nitrogen and oxygen atoms in total. The molecule has 0 amide bonds. The van der Waals surface area contributed by atoms with Gasteiger partial charge in [0, 0.05) is 0 Å². The second kappa shape index (κ2) is 4.83. The molecule has 1 aromatic carbocycles. The van der Waals surface area contributed by atoms with Crippen LogP contribution in [-0.2, 0) is 0 Å². The van der Waals surface area contributed by atoms with Gasteiger partial charge in [-0.15, -0.1) is 0 Å². The summed E-state index contributed by atoms with van der Waals surface area (Å²) >= 11 is 5.71. The normalized spacial score (nSPS) is 11.9. The number of hydrogen-bond acceptors (Lipinski definition) is 2. The first kappa shape index (κ1) is 10.8. The third-order valence-corrected chi connectivity index (χ3v) is 1.90. The Hall–Kier alpha value is -1.27. The Kier molecular flexibility index (Phi) is 3.73. The number of nitriles is 1. The van der Waals surface area contributed by atoms with Gasteiger partial charge in [-0.25, -0.2) is 4.39 Å². The Morgan fingerprint density at radius 1 is 1.64 bits per heavy atom. The lowest BCUT2D eigenvalue weighted by Gasteiger charge is -2.08. The lowest BCUT2D eigenvalue weighted by Crippen LogP contribution is -2.06. The van der Waals surface area contributed by atoms with Crippen LogP contribution in [0.4, 0.5) is 4.39 Å². The highest BCUT2D eigenvalue weighted by molar-refractivity contribution is 6.32. The summed E-state index contributed by atoms with van der Waals surface area (Å²) in [6.07, 6.45) is 0. The third kappa shape index (κ3) is 2.90. The first-order chi connectivity index (χ1) is 6.63. The molecule has 1 aromatic rings. The van der Waals surface area contributed by atoms with Gasteiger partial charge >= 0.3 is 0 Å². The molecular formula is C10H9ClFNO. The Bertz CT molecular complexity index is 362. The molecule has 74 valence electrons. The smallest absolute Gasteiger partial charge is 0.138 e. The van der Waals surface area contributed by atoms with Gasteiger partial charge in [-0.05, 0) is 25.1 Å². The molecule has 0 aliphatic rings. The van der Waals surface area contributed by atoms with E-state index in [1.54, 1.807) is 6.92 Å². The molecule has 1 unspecified atom stereocenters. The maximum absolute atomic E-state index is 12.6. The van der Waals surface area contributed by atoms with Gasteiger partial charge < -0.3 is 4.74 Å². The van der Waals surface area contributed by atoms with E-state index in [1.807, 2.05) is 6.07 Å². The second-order valence-electron chi connectivity index (χ2n) is 2.92. The van der Waals surface area contributed by atoms with Gasteiger partial charge in [0.2, 0.25) is 0 Å². The van der Waals surface area contributed by atoms with E-state index in [0.717, 1.165) is 0 Å². The van der Waals surface area contributed by atoms with Crippen LogP contribution in [0.25, 0.3) is 0 Å². The van der Waals surface area contributed by atoms with Crippen molar-refractivity contribution in [3.05, 3.63) is 29.0 Å². The van der Waals surface area contributed by atoms with Crippen molar-refractivity contribution >= 4 is 11.6 Å². The van der Waals surface area contributed by atoms with Gasteiger partial charge in [0.05, 0.1) is 17.0 Å². The monoisotopic (exact) mass is 213 g/mol. The Balaban J connectivity index is 2.64. The fourth-order valence-electron chi connectivity index (χ4n) is 0.844. The van der Waals surface area contributed by atoms with E-state index in [0.29, 0.717) is 5.75 Å². The van der Waals surface area contributed by atoms with Gasteiger partial charge in [0.25, 0.3) is 0 Å². The van der Waals surface area contributed by atoms with Crippen LogP contribution in [-0.4, -0.2) is 6.61 Å². The minimum absolute atomic E-state index is 0.212. The van der Waals surface area contributed by atoms with Gasteiger partial charge in [0.1, 0.15) is 18.2 Å². The first-order valence-electron chi connectivity index (χ1n) is 4.11. The largest absolute Gasteiger partial charge is 0.491 e. The minimum Gasteiger partial charge on any atom is -0.491 e. The SMILES string of the molecule is CC(C#N)COc1ccc(F)cc1Cl. The third-order valence-electron chi connectivity index (χ3n) is 1.60. The number of hydrogen-bond donors (Lipinski definition) is 0. The summed E-state index contributed by atoms with van der Waals surface area (Å²) < 4.78 is 17.8. The van der Waals surface area contributed by atoms with Crippen molar-refractivity contribution in [2.75, 3.05) is 6.61 Å². The average molecular weight is 214 g/mol. The summed E-state index contributed by atoms with van der Waals surface area (Å²) in [6, 6.07) is 5.91. The van der Waals surface area contributed by atoms with E-state index < -0.39 is 5.82 Å². The van der Waals surface area contributed by atoms with Gasteiger partial charge in [0.15, 0.2) is 0 Å². The molecule has 0 aromatic heterocycles. The minimum atomic E-state index is -0.407. The standard InChI is InChI=1S/C10H9ClFNO/c1-7(5-13)6-14-10-3-2-8(12)4-9(10)11/h2-4,7H,6H2,1H3. The van der Waals surface area contributed by atoms with E-state index in [-0.39, 0.29) is 17.5 Å². The summed E-state index contributed by atoms with van der Waals surface area (Å²) in [5, 5.41) is 8.72. The summed E-state index contributed by atoms with van der Waals surface area (Å²) in [5.41, 5.74) is 0. The van der Waals surface area contributed by atoms with E-state index >= 15 is 0 Å². The molecule has 0 fully saturated rings. The topological polar surface area (TPSA) is 33.0 Å². The van der Waals surface area contributed by atoms with E-state index in [4.69, 9.17) is 21.6 Å². The maximum atomic E-state index is 12.6. The molecular weight excluding hydrogens is 205 g/mol. The lowest BCUT2D eigenvalue weighted by molar-refractivity contribution is 0.288. The van der Waals surface area contributed by atoms with E-state index in [2.05, 4.69) is 0 Å². The van der Waals surface area contributed by atoms with Gasteiger partial charge in [-0.2, -0.15) is 5.26 Å². The summed E-state index contributed by atoms with van der Waals surface area (Å²) in [5.74, 6) is -0.220. The van der Waals surface area contributed by atoms with Crippen LogP contribution in [0.2, 0.25) is 5.02 Å². The van der Waals surface area contributed by atoms with Crippen LogP contribution < -0.4 is 4.74 Å². The first-order valence-corrected chi connectivity index (χ1v) is 4.48. The van der Waals surface area contributed by atoms with Crippen molar-refractivity contribution in [1.82, 2.24) is 0 Å². The zero-order chi connectivity index (χ0) is 10.6. The predicted molar refractivity (Wildman–Crippen MR) is 51.7 cm³/mol. The molecule has 0 saturated carbocycles. The van der Waals surface area contributed by atoms with Crippen molar-refractivity contribution in [2.45, 2.75) is 6.92 Å². The van der Waals surface area contributed by atoms with Gasteiger partial charge in [-0.1, -0.05) is 11.6 Å². The highest BCUT2D eigenvalue weighted by Crippen LogP contribution is 2.25. The van der Waals surface area contributed by atoms with Crippen molar-refractivity contribution in [3.63, 3.8) is 0 Å². The average Bonchev–Trinajstić information content (AvgIpc) is 2.16. The zero-order valence-corrected chi connectivity index (χ0v) is 8.38. The predicted octanol–water partition coefficient (Wildman–Crippen LogP) is 3.02. The van der Waals surface area contributed by atoms with Crippen LogP contribution in [0.3, 0.4) is 0 Å². The molecule has 0 N–H and O–H groups in total. The molecule has 0 aliphatic carbocycles. The lowest BCUT2D eigenvalue weighted by atomic mass is 10.2. The molecule has 1 rings (SSSR count). The molecule has 0 heterocycles. The molecule has 0 spiro atoms. The van der Waals surface area contributed by atoms with E-state index in [9.17, 15) is 4.39 Å². The van der Waals surface area contributed by atoms with Crippen molar-refractivity contribution in [2.24, 2.45) is 5.92 Å². The summed E-state index contributed by atoms with van der Waals surface area (Å²) in [4.78, 5) is 0. The van der Waals surface area contributed by atoms with Crippen LogP contribution in [0.1, 0.15) is 6.92 Å². The molecule has 0 aliphatic heterocycles. The maximum Gasteiger partial charge on any atom is 0.138 e. The number of rotatable bonds is 3. The molecule has 4 heteroatoms. The highest BCUT2D eigenvalue weighted by atomic mass is 35.5. The fraction of sp³-hybridized carbons (Fsp3) is 0.300. The molecule has 0 saturated heterocycles. The molecule has 14 heavy (non-hydrogen) atoms. The number of ether oxygens (including phenoxy) is 1. The summed E-state index contributed by atoms with van der Waals surface area (Å²) in [7, 11) is 0. The summed E-state index contributed by atoms with van der Waals surface area (Å²) in [6.45, 7) is 1.99. The number of halogens is 2. The van der Waals surface area contributed by atoms with E-state index in [1.165, 1.54) is 18.2 Å².